The zero-order chi connectivity index (χ0) is 23.1. The fourth-order valence-corrected chi connectivity index (χ4v) is 6.04. The average molecular weight is 478 g/mol. The predicted molar refractivity (Wildman–Crippen MR) is 135 cm³/mol. The number of nitrogens with one attached hydrogen (secondary N) is 2. The zero-order valence-corrected chi connectivity index (χ0v) is 19.8. The molecular formula is C26H28FN5OS. The summed E-state index contributed by atoms with van der Waals surface area (Å²) in [6.45, 7) is 5.04. The Bertz CT molecular complexity index is 1290. The van der Waals surface area contributed by atoms with Crippen LogP contribution in [0.3, 0.4) is 0 Å². The number of amides is 1. The number of carbonyl (C=O) groups is 1. The normalized spacial score (nSPS) is 21.1. The summed E-state index contributed by atoms with van der Waals surface area (Å²) in [5.41, 5.74) is 1.64. The number of fused-ring (bicyclic) bond motifs is 2. The van der Waals surface area contributed by atoms with Crippen LogP contribution in [-0.2, 0) is 0 Å². The molecule has 6 nitrogen and oxygen atoms in total. The summed E-state index contributed by atoms with van der Waals surface area (Å²) in [4.78, 5) is 20.6. The van der Waals surface area contributed by atoms with Gasteiger partial charge in [-0.2, -0.15) is 4.37 Å². The van der Waals surface area contributed by atoms with Crippen LogP contribution < -0.4 is 10.2 Å². The Labute approximate surface area is 201 Å². The number of rotatable bonds is 6. The molecule has 1 saturated heterocycles. The van der Waals surface area contributed by atoms with Crippen LogP contribution in [0.25, 0.3) is 21.0 Å². The highest BCUT2D eigenvalue weighted by Gasteiger charge is 2.31. The van der Waals surface area contributed by atoms with Gasteiger partial charge < -0.3 is 15.2 Å². The molecule has 0 radical (unpaired) electrons. The molecule has 4 aromatic rings. The smallest absolute Gasteiger partial charge is 0.267 e. The Morgan fingerprint density at radius 2 is 1.94 bits per heavy atom. The second kappa shape index (κ2) is 9.00. The Morgan fingerprint density at radius 3 is 2.76 bits per heavy atom. The Morgan fingerprint density at radius 1 is 1.12 bits per heavy atom. The predicted octanol–water partition coefficient (Wildman–Crippen LogP) is 4.64. The minimum absolute atomic E-state index is 0.00641. The molecule has 3 heterocycles. The molecule has 6 rings (SSSR count). The van der Waals surface area contributed by atoms with Gasteiger partial charge in [0.1, 0.15) is 17.3 Å². The third kappa shape index (κ3) is 4.28. The molecule has 0 spiro atoms. The van der Waals surface area contributed by atoms with Crippen LogP contribution in [0.5, 0.6) is 0 Å². The number of aromatic nitrogens is 2. The van der Waals surface area contributed by atoms with E-state index < -0.39 is 0 Å². The third-order valence-corrected chi connectivity index (χ3v) is 8.08. The molecule has 2 fully saturated rings. The van der Waals surface area contributed by atoms with Gasteiger partial charge in [-0.15, -0.1) is 0 Å². The summed E-state index contributed by atoms with van der Waals surface area (Å²) in [5, 5.41) is 5.30. The van der Waals surface area contributed by atoms with E-state index in [-0.39, 0.29) is 17.8 Å². The van der Waals surface area contributed by atoms with Gasteiger partial charge >= 0.3 is 0 Å². The lowest BCUT2D eigenvalue weighted by Crippen LogP contribution is -2.48. The third-order valence-electron chi connectivity index (χ3n) is 7.29. The van der Waals surface area contributed by atoms with Crippen molar-refractivity contribution in [2.45, 2.75) is 25.3 Å². The summed E-state index contributed by atoms with van der Waals surface area (Å²) in [6, 6.07) is 15.1. The zero-order valence-electron chi connectivity index (χ0n) is 19.0. The van der Waals surface area contributed by atoms with Gasteiger partial charge in [0.25, 0.3) is 5.91 Å². The number of nitrogens with zero attached hydrogens (tertiary/aromatic N) is 3. The number of hydrogen-bond acceptors (Lipinski definition) is 5. The van der Waals surface area contributed by atoms with E-state index in [1.54, 1.807) is 6.07 Å². The summed E-state index contributed by atoms with van der Waals surface area (Å²) < 4.78 is 19.0. The minimum atomic E-state index is -0.205. The van der Waals surface area contributed by atoms with Crippen molar-refractivity contribution in [1.82, 2.24) is 19.6 Å². The van der Waals surface area contributed by atoms with Crippen molar-refractivity contribution in [3.63, 3.8) is 0 Å². The number of aromatic amines is 1. The maximum Gasteiger partial charge on any atom is 0.267 e. The number of piperazine rings is 1. The van der Waals surface area contributed by atoms with Gasteiger partial charge in [0, 0.05) is 48.5 Å². The van der Waals surface area contributed by atoms with E-state index in [0.29, 0.717) is 11.6 Å². The molecule has 34 heavy (non-hydrogen) atoms. The molecule has 0 atom stereocenters. The fraction of sp³-hybridized carbons (Fsp3) is 0.385. The van der Waals surface area contributed by atoms with Gasteiger partial charge in [-0.3, -0.25) is 9.69 Å². The van der Waals surface area contributed by atoms with Crippen molar-refractivity contribution >= 4 is 44.2 Å². The van der Waals surface area contributed by atoms with Gasteiger partial charge in [0.15, 0.2) is 0 Å². The SMILES string of the molecule is O=C(NC1CC(CCN2CCN(c3nsc4cc(F)ccc34)CC2)C1)c1cc2ccccc2[nH]1. The average Bonchev–Trinajstić information content (AvgIpc) is 3.44. The van der Waals surface area contributed by atoms with Gasteiger partial charge in [0.2, 0.25) is 0 Å². The van der Waals surface area contributed by atoms with Gasteiger partial charge in [-0.25, -0.2) is 4.39 Å². The van der Waals surface area contributed by atoms with E-state index >= 15 is 0 Å². The largest absolute Gasteiger partial charge is 0.353 e. The molecule has 2 aromatic carbocycles. The van der Waals surface area contributed by atoms with Crippen molar-refractivity contribution in [2.24, 2.45) is 5.92 Å². The van der Waals surface area contributed by atoms with Crippen molar-refractivity contribution < 1.29 is 9.18 Å². The molecular weight excluding hydrogens is 449 g/mol. The molecule has 8 heteroatoms. The molecule has 1 aliphatic heterocycles. The monoisotopic (exact) mass is 477 g/mol. The fourth-order valence-electron chi connectivity index (χ4n) is 5.22. The summed E-state index contributed by atoms with van der Waals surface area (Å²) >= 11 is 1.37. The summed E-state index contributed by atoms with van der Waals surface area (Å²) in [7, 11) is 0. The highest BCUT2D eigenvalue weighted by Crippen LogP contribution is 2.32. The van der Waals surface area contributed by atoms with E-state index in [1.165, 1.54) is 24.0 Å². The van der Waals surface area contributed by atoms with Crippen molar-refractivity contribution in [3.8, 4) is 0 Å². The topological polar surface area (TPSA) is 64.3 Å². The van der Waals surface area contributed by atoms with Crippen LogP contribution in [0.15, 0.2) is 48.5 Å². The maximum absolute atomic E-state index is 13.5. The number of para-hydroxylation sites is 1. The molecule has 0 bridgehead atoms. The number of anilines is 1. The Kier molecular flexibility index (Phi) is 5.71. The van der Waals surface area contributed by atoms with Crippen LogP contribution in [-0.4, -0.2) is 58.9 Å². The molecule has 1 saturated carbocycles. The first-order chi connectivity index (χ1) is 16.6. The molecule has 2 aliphatic rings. The van der Waals surface area contributed by atoms with E-state index in [1.807, 2.05) is 36.4 Å². The van der Waals surface area contributed by atoms with Gasteiger partial charge in [-0.05, 0) is 73.6 Å². The maximum atomic E-state index is 13.5. The van der Waals surface area contributed by atoms with Crippen LogP contribution in [0.1, 0.15) is 29.8 Å². The molecule has 1 amide bonds. The molecule has 176 valence electrons. The van der Waals surface area contributed by atoms with Gasteiger partial charge in [0.05, 0.1) is 4.70 Å². The summed E-state index contributed by atoms with van der Waals surface area (Å²) in [6.07, 6.45) is 3.30. The second-order valence-electron chi connectivity index (χ2n) is 9.54. The van der Waals surface area contributed by atoms with Crippen LogP contribution in [0, 0.1) is 11.7 Å². The van der Waals surface area contributed by atoms with E-state index in [9.17, 15) is 9.18 Å². The quantitative estimate of drug-likeness (QED) is 0.425. The highest BCUT2D eigenvalue weighted by molar-refractivity contribution is 7.13. The summed E-state index contributed by atoms with van der Waals surface area (Å²) in [5.74, 6) is 1.46. The molecule has 1 aliphatic carbocycles. The number of benzene rings is 2. The lowest BCUT2D eigenvalue weighted by molar-refractivity contribution is 0.0873. The van der Waals surface area contributed by atoms with Gasteiger partial charge in [-0.1, -0.05) is 18.2 Å². The first kappa shape index (κ1) is 21.6. The highest BCUT2D eigenvalue weighted by atomic mass is 32.1. The number of H-pyrrole nitrogens is 1. The molecule has 2 N–H and O–H groups in total. The first-order valence-electron chi connectivity index (χ1n) is 12.0. The molecule has 2 aromatic heterocycles. The van der Waals surface area contributed by atoms with Crippen LogP contribution in [0.2, 0.25) is 0 Å². The minimum Gasteiger partial charge on any atom is -0.353 e. The van der Waals surface area contributed by atoms with E-state index in [0.717, 1.165) is 72.4 Å². The lowest BCUT2D eigenvalue weighted by Gasteiger charge is -2.39. The van der Waals surface area contributed by atoms with E-state index in [4.69, 9.17) is 0 Å². The van der Waals surface area contributed by atoms with Crippen LogP contribution >= 0.6 is 11.5 Å². The first-order valence-corrected chi connectivity index (χ1v) is 12.8. The number of halogens is 1. The Balaban J connectivity index is 0.935. The van der Waals surface area contributed by atoms with Crippen LogP contribution in [0.4, 0.5) is 10.2 Å². The second-order valence-corrected chi connectivity index (χ2v) is 10.3. The van der Waals surface area contributed by atoms with Crippen molar-refractivity contribution in [2.75, 3.05) is 37.6 Å². The standard InChI is InChI=1S/C26H28FN5OS/c27-19-5-6-21-24(16-19)34-30-25(21)32-11-9-31(10-12-32)8-7-17-13-20(14-17)28-26(33)23-15-18-3-1-2-4-22(18)29-23/h1-6,15-17,20,29H,7-14H2,(H,28,33). The Hall–Kier alpha value is -2.97. The lowest BCUT2D eigenvalue weighted by atomic mass is 9.78. The van der Waals surface area contributed by atoms with Crippen molar-refractivity contribution in [1.29, 1.82) is 0 Å². The van der Waals surface area contributed by atoms with E-state index in [2.05, 4.69) is 24.5 Å². The molecule has 0 unspecified atom stereocenters. The van der Waals surface area contributed by atoms with Crippen molar-refractivity contribution in [3.05, 3.63) is 60.0 Å². The number of carbonyl (C=O) groups excluding carboxylic acids is 1. The number of hydrogen-bond donors (Lipinski definition) is 2.